The van der Waals surface area contributed by atoms with Crippen LogP contribution in [0.2, 0.25) is 5.02 Å². The molecule has 17 heavy (non-hydrogen) atoms. The largest absolute Gasteiger partial charge is 0.388 e. The molecule has 90 valence electrons. The van der Waals surface area contributed by atoms with E-state index in [9.17, 15) is 13.9 Å². The standard InChI is InChI=1S/C12H9ClF2OS/c13-9-3-4-17-12(9)6-11(16)8-5-7(14)1-2-10(8)15/h1-5,11,16H,6H2. The number of rotatable bonds is 3. The Morgan fingerprint density at radius 3 is 2.71 bits per heavy atom. The van der Waals surface area contributed by atoms with Gasteiger partial charge < -0.3 is 5.11 Å². The highest BCUT2D eigenvalue weighted by atomic mass is 35.5. The van der Waals surface area contributed by atoms with Gasteiger partial charge >= 0.3 is 0 Å². The summed E-state index contributed by atoms with van der Waals surface area (Å²) in [5.41, 5.74) is -0.0468. The lowest BCUT2D eigenvalue weighted by Gasteiger charge is -2.11. The van der Waals surface area contributed by atoms with Crippen LogP contribution in [-0.2, 0) is 6.42 Å². The summed E-state index contributed by atoms with van der Waals surface area (Å²) >= 11 is 7.25. The molecule has 0 aliphatic carbocycles. The first-order chi connectivity index (χ1) is 8.08. The zero-order chi connectivity index (χ0) is 12.4. The van der Waals surface area contributed by atoms with Crippen molar-refractivity contribution in [2.75, 3.05) is 0 Å². The molecule has 1 atom stereocenters. The molecule has 0 aliphatic rings. The number of hydrogen-bond acceptors (Lipinski definition) is 2. The van der Waals surface area contributed by atoms with Gasteiger partial charge in [-0.3, -0.25) is 0 Å². The van der Waals surface area contributed by atoms with Crippen LogP contribution in [0.4, 0.5) is 8.78 Å². The van der Waals surface area contributed by atoms with Gasteiger partial charge in [-0.1, -0.05) is 11.6 Å². The van der Waals surface area contributed by atoms with Gasteiger partial charge in [-0.25, -0.2) is 8.78 Å². The van der Waals surface area contributed by atoms with Crippen LogP contribution in [0.25, 0.3) is 0 Å². The van der Waals surface area contributed by atoms with E-state index in [1.54, 1.807) is 11.4 Å². The first kappa shape index (κ1) is 12.5. The minimum Gasteiger partial charge on any atom is -0.388 e. The van der Waals surface area contributed by atoms with Crippen molar-refractivity contribution >= 4 is 22.9 Å². The van der Waals surface area contributed by atoms with Gasteiger partial charge in [-0.2, -0.15) is 0 Å². The lowest BCUT2D eigenvalue weighted by Crippen LogP contribution is -2.04. The molecule has 1 heterocycles. The molecule has 0 amide bonds. The smallest absolute Gasteiger partial charge is 0.129 e. The summed E-state index contributed by atoms with van der Waals surface area (Å²) in [6, 6.07) is 4.73. The molecule has 1 aromatic carbocycles. The predicted molar refractivity (Wildman–Crippen MR) is 64.4 cm³/mol. The number of halogens is 3. The van der Waals surface area contributed by atoms with Crippen molar-refractivity contribution in [2.45, 2.75) is 12.5 Å². The molecule has 0 fully saturated rings. The highest BCUT2D eigenvalue weighted by molar-refractivity contribution is 7.10. The summed E-state index contributed by atoms with van der Waals surface area (Å²) in [6.45, 7) is 0. The van der Waals surface area contributed by atoms with Gasteiger partial charge in [0.15, 0.2) is 0 Å². The second-order valence-corrected chi connectivity index (χ2v) is 4.99. The maximum atomic E-state index is 13.4. The van der Waals surface area contributed by atoms with Crippen LogP contribution in [0.1, 0.15) is 16.5 Å². The summed E-state index contributed by atoms with van der Waals surface area (Å²) in [6.07, 6.45) is -0.918. The van der Waals surface area contributed by atoms with Crippen molar-refractivity contribution in [2.24, 2.45) is 0 Å². The van der Waals surface area contributed by atoms with Crippen LogP contribution in [-0.4, -0.2) is 5.11 Å². The van der Waals surface area contributed by atoms with Crippen molar-refractivity contribution < 1.29 is 13.9 Å². The molecular weight excluding hydrogens is 266 g/mol. The highest BCUT2D eigenvalue weighted by Gasteiger charge is 2.16. The van der Waals surface area contributed by atoms with E-state index in [-0.39, 0.29) is 12.0 Å². The van der Waals surface area contributed by atoms with Crippen LogP contribution in [0.15, 0.2) is 29.6 Å². The van der Waals surface area contributed by atoms with E-state index in [0.29, 0.717) is 5.02 Å². The Morgan fingerprint density at radius 2 is 2.06 bits per heavy atom. The summed E-state index contributed by atoms with van der Waals surface area (Å²) in [7, 11) is 0. The van der Waals surface area contributed by atoms with Crippen molar-refractivity contribution in [3.8, 4) is 0 Å². The Balaban J connectivity index is 2.23. The Hall–Kier alpha value is -0.970. The predicted octanol–water partition coefficient (Wildman–Crippen LogP) is 3.96. The van der Waals surface area contributed by atoms with E-state index in [2.05, 4.69) is 0 Å². The Bertz CT molecular complexity index is 527. The summed E-state index contributed by atoms with van der Waals surface area (Å²) in [5.74, 6) is -1.19. The summed E-state index contributed by atoms with van der Waals surface area (Å²) in [4.78, 5) is 0.753. The Kier molecular flexibility index (Phi) is 3.76. The van der Waals surface area contributed by atoms with Crippen molar-refractivity contribution in [3.05, 3.63) is 56.7 Å². The van der Waals surface area contributed by atoms with Crippen molar-refractivity contribution in [1.82, 2.24) is 0 Å². The normalized spacial score (nSPS) is 12.7. The van der Waals surface area contributed by atoms with Crippen molar-refractivity contribution in [1.29, 1.82) is 0 Å². The van der Waals surface area contributed by atoms with Gasteiger partial charge in [-0.15, -0.1) is 11.3 Å². The van der Waals surface area contributed by atoms with Crippen molar-refractivity contribution in [3.63, 3.8) is 0 Å². The molecule has 1 nitrogen and oxygen atoms in total. The molecule has 0 saturated carbocycles. The third-order valence-electron chi connectivity index (χ3n) is 2.39. The second kappa shape index (κ2) is 5.12. The highest BCUT2D eigenvalue weighted by Crippen LogP contribution is 2.29. The third kappa shape index (κ3) is 2.83. The molecule has 0 radical (unpaired) electrons. The zero-order valence-corrected chi connectivity index (χ0v) is 10.2. The molecular formula is C12H9ClF2OS. The Labute approximate surface area is 106 Å². The van der Waals surface area contributed by atoms with Crippen LogP contribution in [0.5, 0.6) is 0 Å². The fourth-order valence-electron chi connectivity index (χ4n) is 1.53. The van der Waals surface area contributed by atoms with E-state index >= 15 is 0 Å². The molecule has 0 aliphatic heterocycles. The van der Waals surface area contributed by atoms with Gasteiger partial charge in [0.1, 0.15) is 11.6 Å². The average molecular weight is 275 g/mol. The lowest BCUT2D eigenvalue weighted by molar-refractivity contribution is 0.174. The first-order valence-corrected chi connectivity index (χ1v) is 6.18. The van der Waals surface area contributed by atoms with E-state index in [0.717, 1.165) is 23.1 Å². The topological polar surface area (TPSA) is 20.2 Å². The molecule has 1 N–H and O–H groups in total. The zero-order valence-electron chi connectivity index (χ0n) is 8.66. The van der Waals surface area contributed by atoms with Gasteiger partial charge in [0.05, 0.1) is 11.1 Å². The fraction of sp³-hybridized carbons (Fsp3) is 0.167. The third-order valence-corrected chi connectivity index (χ3v) is 3.80. The minimum absolute atomic E-state index is 0.0468. The monoisotopic (exact) mass is 274 g/mol. The number of thiophene rings is 1. The minimum atomic E-state index is -1.10. The lowest BCUT2D eigenvalue weighted by atomic mass is 10.1. The molecule has 1 aromatic heterocycles. The second-order valence-electron chi connectivity index (χ2n) is 3.58. The fourth-order valence-corrected chi connectivity index (χ4v) is 2.68. The van der Waals surface area contributed by atoms with E-state index in [1.807, 2.05) is 0 Å². The summed E-state index contributed by atoms with van der Waals surface area (Å²) < 4.78 is 26.4. The van der Waals surface area contributed by atoms with Gasteiger partial charge in [0.2, 0.25) is 0 Å². The molecule has 0 saturated heterocycles. The molecule has 0 bridgehead atoms. The van der Waals surface area contributed by atoms with Crippen LogP contribution < -0.4 is 0 Å². The number of benzene rings is 1. The first-order valence-electron chi connectivity index (χ1n) is 4.93. The molecule has 2 aromatic rings. The molecule has 0 spiro atoms. The van der Waals surface area contributed by atoms with Gasteiger partial charge in [0.25, 0.3) is 0 Å². The molecule has 1 unspecified atom stereocenters. The molecule has 2 rings (SSSR count). The number of aliphatic hydroxyl groups is 1. The quantitative estimate of drug-likeness (QED) is 0.898. The van der Waals surface area contributed by atoms with E-state index < -0.39 is 17.7 Å². The van der Waals surface area contributed by atoms with Crippen LogP contribution >= 0.6 is 22.9 Å². The maximum absolute atomic E-state index is 13.4. The van der Waals surface area contributed by atoms with Crippen LogP contribution in [0.3, 0.4) is 0 Å². The SMILES string of the molecule is OC(Cc1sccc1Cl)c1cc(F)ccc1F. The van der Waals surface area contributed by atoms with E-state index in [4.69, 9.17) is 11.6 Å². The van der Waals surface area contributed by atoms with Gasteiger partial charge in [0, 0.05) is 16.9 Å². The van der Waals surface area contributed by atoms with Crippen LogP contribution in [0, 0.1) is 11.6 Å². The maximum Gasteiger partial charge on any atom is 0.129 e. The average Bonchev–Trinajstić information content (AvgIpc) is 2.68. The molecule has 5 heteroatoms. The summed E-state index contributed by atoms with van der Waals surface area (Å²) in [5, 5.41) is 12.2. The number of hydrogen-bond donors (Lipinski definition) is 1. The van der Waals surface area contributed by atoms with Gasteiger partial charge in [-0.05, 0) is 29.6 Å². The Morgan fingerprint density at radius 1 is 1.29 bits per heavy atom. The van der Waals surface area contributed by atoms with E-state index in [1.165, 1.54) is 11.3 Å². The number of aliphatic hydroxyl groups excluding tert-OH is 1.